The van der Waals surface area contributed by atoms with Crippen molar-refractivity contribution >= 4 is 11.6 Å². The Morgan fingerprint density at radius 1 is 0.692 bits per heavy atom. The average Bonchev–Trinajstić information content (AvgIpc) is 2.73. The third-order valence-corrected chi connectivity index (χ3v) is 4.81. The highest BCUT2D eigenvalue weighted by molar-refractivity contribution is 6.08. The van der Waals surface area contributed by atoms with Crippen LogP contribution < -0.4 is 0 Å². The second-order valence-corrected chi connectivity index (χ2v) is 6.40. The largest absolute Gasteiger partial charge is 0.300 e. The van der Waals surface area contributed by atoms with Gasteiger partial charge in [-0.1, -0.05) is 97.9 Å². The molecule has 0 aliphatic heterocycles. The molecule has 2 heteroatoms. The van der Waals surface area contributed by atoms with E-state index in [4.69, 9.17) is 0 Å². The fraction of sp³-hybridized carbons (Fsp3) is 0.167. The van der Waals surface area contributed by atoms with E-state index in [9.17, 15) is 9.59 Å². The normalized spacial score (nSPS) is 11.1. The molecule has 26 heavy (non-hydrogen) atoms. The van der Waals surface area contributed by atoms with Gasteiger partial charge in [0.05, 0.1) is 5.41 Å². The number of carbonyl (C=O) groups is 2. The number of carbonyl (C=O) groups excluding carboxylic acids is 2. The monoisotopic (exact) mass is 342 g/mol. The molecule has 0 heterocycles. The Kier molecular flexibility index (Phi) is 5.43. The molecule has 0 amide bonds. The van der Waals surface area contributed by atoms with Crippen molar-refractivity contribution in [2.45, 2.75) is 25.2 Å². The van der Waals surface area contributed by atoms with E-state index >= 15 is 0 Å². The van der Waals surface area contributed by atoms with Crippen molar-refractivity contribution in [1.29, 1.82) is 0 Å². The zero-order valence-electron chi connectivity index (χ0n) is 14.9. The van der Waals surface area contributed by atoms with Gasteiger partial charge in [0.1, 0.15) is 5.78 Å². The Hall–Kier alpha value is -3.00. The van der Waals surface area contributed by atoms with Crippen molar-refractivity contribution in [2.75, 3.05) is 0 Å². The van der Waals surface area contributed by atoms with Crippen molar-refractivity contribution in [3.63, 3.8) is 0 Å². The number of benzene rings is 3. The highest BCUT2D eigenvalue weighted by Crippen LogP contribution is 2.39. The lowest BCUT2D eigenvalue weighted by atomic mass is 9.66. The third kappa shape index (κ3) is 3.36. The summed E-state index contributed by atoms with van der Waals surface area (Å²) < 4.78 is 0. The summed E-state index contributed by atoms with van der Waals surface area (Å²) in [7, 11) is 0. The number of rotatable bonds is 7. The van der Waals surface area contributed by atoms with Gasteiger partial charge in [-0.05, 0) is 11.1 Å². The molecule has 3 aromatic carbocycles. The molecular formula is C24H22O2. The molecule has 0 bridgehead atoms. The predicted octanol–water partition coefficient (Wildman–Crippen LogP) is 5.22. The topological polar surface area (TPSA) is 34.1 Å². The number of Topliss-reactive ketones (excluding diaryl/α,β-unsaturated/α-hetero) is 2. The summed E-state index contributed by atoms with van der Waals surface area (Å²) in [6.07, 6.45) is 0.564. The summed E-state index contributed by atoms with van der Waals surface area (Å²) in [5.74, 6) is 0.0271. The predicted molar refractivity (Wildman–Crippen MR) is 104 cm³/mol. The SMILES string of the molecule is CCC(=O)CC(C(=O)c1ccccc1)(c1ccccc1)c1ccccc1. The molecule has 0 radical (unpaired) electrons. The van der Waals surface area contributed by atoms with Gasteiger partial charge in [0, 0.05) is 18.4 Å². The van der Waals surface area contributed by atoms with Gasteiger partial charge in [-0.15, -0.1) is 0 Å². The first-order valence-electron chi connectivity index (χ1n) is 8.91. The Morgan fingerprint density at radius 2 is 1.12 bits per heavy atom. The van der Waals surface area contributed by atoms with Gasteiger partial charge in [0.25, 0.3) is 0 Å². The molecule has 0 saturated carbocycles. The molecule has 2 nitrogen and oxygen atoms in total. The maximum Gasteiger partial charge on any atom is 0.178 e. The third-order valence-electron chi connectivity index (χ3n) is 4.81. The fourth-order valence-corrected chi connectivity index (χ4v) is 3.42. The quantitative estimate of drug-likeness (QED) is 0.551. The molecule has 0 N–H and O–H groups in total. The number of hydrogen-bond donors (Lipinski definition) is 0. The number of ketones is 2. The lowest BCUT2D eigenvalue weighted by Crippen LogP contribution is -2.39. The van der Waals surface area contributed by atoms with Gasteiger partial charge < -0.3 is 0 Å². The molecule has 0 spiro atoms. The molecule has 0 atom stereocenters. The first-order chi connectivity index (χ1) is 12.7. The molecule has 3 aromatic rings. The molecule has 0 aliphatic rings. The summed E-state index contributed by atoms with van der Waals surface area (Å²) in [4.78, 5) is 26.3. The van der Waals surface area contributed by atoms with Gasteiger partial charge in [0.2, 0.25) is 0 Å². The van der Waals surface area contributed by atoms with E-state index in [0.717, 1.165) is 11.1 Å². The molecule has 0 saturated heterocycles. The Balaban J connectivity index is 2.28. The standard InChI is InChI=1S/C24H22O2/c1-2-22(25)18-24(20-14-8-4-9-15-20,21-16-10-5-11-17-21)23(26)19-12-6-3-7-13-19/h3-17H,2,18H2,1H3. The van der Waals surface area contributed by atoms with E-state index in [1.807, 2.05) is 97.9 Å². The van der Waals surface area contributed by atoms with Gasteiger partial charge >= 0.3 is 0 Å². The maximum absolute atomic E-state index is 13.8. The van der Waals surface area contributed by atoms with Gasteiger partial charge in [-0.2, -0.15) is 0 Å². The molecular weight excluding hydrogens is 320 g/mol. The minimum Gasteiger partial charge on any atom is -0.300 e. The smallest absolute Gasteiger partial charge is 0.178 e. The first-order valence-corrected chi connectivity index (χ1v) is 8.91. The highest BCUT2D eigenvalue weighted by atomic mass is 16.1. The zero-order chi connectivity index (χ0) is 18.4. The van der Waals surface area contributed by atoms with Crippen LogP contribution in [0.4, 0.5) is 0 Å². The summed E-state index contributed by atoms with van der Waals surface area (Å²) in [6, 6.07) is 28.5. The van der Waals surface area contributed by atoms with E-state index in [-0.39, 0.29) is 18.0 Å². The summed E-state index contributed by atoms with van der Waals surface area (Å²) in [6.45, 7) is 1.84. The van der Waals surface area contributed by atoms with E-state index in [2.05, 4.69) is 0 Å². The number of hydrogen-bond acceptors (Lipinski definition) is 2. The van der Waals surface area contributed by atoms with E-state index < -0.39 is 5.41 Å². The van der Waals surface area contributed by atoms with E-state index in [0.29, 0.717) is 12.0 Å². The second-order valence-electron chi connectivity index (χ2n) is 6.40. The molecule has 0 fully saturated rings. The van der Waals surface area contributed by atoms with Gasteiger partial charge in [-0.3, -0.25) is 9.59 Å². The summed E-state index contributed by atoms with van der Waals surface area (Å²) in [5.41, 5.74) is 1.30. The fourth-order valence-electron chi connectivity index (χ4n) is 3.42. The second kappa shape index (κ2) is 7.92. The van der Waals surface area contributed by atoms with Crippen molar-refractivity contribution in [2.24, 2.45) is 0 Å². The van der Waals surface area contributed by atoms with Crippen molar-refractivity contribution in [1.82, 2.24) is 0 Å². The van der Waals surface area contributed by atoms with Gasteiger partial charge in [0.15, 0.2) is 5.78 Å². The van der Waals surface area contributed by atoms with Crippen LogP contribution >= 0.6 is 0 Å². The Morgan fingerprint density at radius 3 is 1.54 bits per heavy atom. The van der Waals surface area contributed by atoms with Crippen LogP contribution in [0.15, 0.2) is 91.0 Å². The Bertz CT molecular complexity index is 828. The summed E-state index contributed by atoms with van der Waals surface area (Å²) in [5, 5.41) is 0. The van der Waals surface area contributed by atoms with Crippen LogP contribution in [0.2, 0.25) is 0 Å². The molecule has 0 aliphatic carbocycles. The maximum atomic E-state index is 13.8. The van der Waals surface area contributed by atoms with Crippen molar-refractivity contribution < 1.29 is 9.59 Å². The van der Waals surface area contributed by atoms with Crippen LogP contribution in [0.5, 0.6) is 0 Å². The molecule has 3 rings (SSSR count). The lowest BCUT2D eigenvalue weighted by Gasteiger charge is -2.33. The summed E-state index contributed by atoms with van der Waals surface area (Å²) >= 11 is 0. The minimum absolute atomic E-state index is 0.0442. The van der Waals surface area contributed by atoms with E-state index in [1.54, 1.807) is 0 Å². The zero-order valence-corrected chi connectivity index (χ0v) is 14.9. The first kappa shape index (κ1) is 17.8. The van der Waals surface area contributed by atoms with E-state index in [1.165, 1.54) is 0 Å². The van der Waals surface area contributed by atoms with Crippen LogP contribution in [-0.4, -0.2) is 11.6 Å². The van der Waals surface area contributed by atoms with Crippen LogP contribution in [0.3, 0.4) is 0 Å². The van der Waals surface area contributed by atoms with Crippen LogP contribution in [0.1, 0.15) is 41.3 Å². The Labute approximate surface area is 154 Å². The van der Waals surface area contributed by atoms with Crippen molar-refractivity contribution in [3.05, 3.63) is 108 Å². The van der Waals surface area contributed by atoms with Crippen molar-refractivity contribution in [3.8, 4) is 0 Å². The lowest BCUT2D eigenvalue weighted by molar-refractivity contribution is -0.119. The van der Waals surface area contributed by atoms with Gasteiger partial charge in [-0.25, -0.2) is 0 Å². The molecule has 0 aromatic heterocycles. The average molecular weight is 342 g/mol. The van der Waals surface area contributed by atoms with Crippen LogP contribution in [-0.2, 0) is 10.2 Å². The van der Waals surface area contributed by atoms with Crippen LogP contribution in [0, 0.1) is 0 Å². The highest BCUT2D eigenvalue weighted by Gasteiger charge is 2.43. The minimum atomic E-state index is -1.02. The molecule has 130 valence electrons. The van der Waals surface area contributed by atoms with Crippen LogP contribution in [0.25, 0.3) is 0 Å². The molecule has 0 unspecified atom stereocenters.